The maximum Gasteiger partial charge on any atom is 0.306 e. The molecule has 2 aliphatic heterocycles. The lowest BCUT2D eigenvalue weighted by atomic mass is 9.86. The molecule has 0 bridgehead atoms. The maximum atomic E-state index is 12.6. The van der Waals surface area contributed by atoms with Crippen molar-refractivity contribution in [2.45, 2.75) is 55.1 Å². The fraction of sp³-hybridized carbons (Fsp3) is 0.929. The second-order valence-electron chi connectivity index (χ2n) is 5.68. The van der Waals surface area contributed by atoms with Crippen molar-refractivity contribution >= 4 is 16.8 Å². The van der Waals surface area contributed by atoms with Crippen LogP contribution in [0.2, 0.25) is 0 Å². The Morgan fingerprint density at radius 2 is 2.10 bits per heavy atom. The molecule has 2 saturated heterocycles. The van der Waals surface area contributed by atoms with Crippen molar-refractivity contribution in [3.05, 3.63) is 0 Å². The maximum absolute atomic E-state index is 12.6. The van der Waals surface area contributed by atoms with Crippen LogP contribution in [0.15, 0.2) is 0 Å². The van der Waals surface area contributed by atoms with Gasteiger partial charge in [-0.2, -0.15) is 0 Å². The first kappa shape index (κ1) is 15.9. The molecule has 0 aromatic carbocycles. The first-order valence-corrected chi connectivity index (χ1v) is 8.52. The van der Waals surface area contributed by atoms with Crippen LogP contribution in [0.5, 0.6) is 0 Å². The van der Waals surface area contributed by atoms with Gasteiger partial charge in [-0.25, -0.2) is 0 Å². The highest BCUT2D eigenvalue weighted by atomic mass is 32.2. The summed E-state index contributed by atoms with van der Waals surface area (Å²) in [4.78, 5) is 11.3. The molecule has 6 heteroatoms. The quantitative estimate of drug-likeness (QED) is 0.735. The van der Waals surface area contributed by atoms with E-state index in [0.29, 0.717) is 6.61 Å². The summed E-state index contributed by atoms with van der Waals surface area (Å²) in [6, 6.07) is 0. The second-order valence-corrected chi connectivity index (χ2v) is 7.81. The standard InChI is InChI=1S/C14H24O5S/c1-11(9-13(15)17-2)20(16)12-3-6-19-14(10-12)4-7-18-8-5-14/h11-12H,3-10H2,1-2H3. The highest BCUT2D eigenvalue weighted by Crippen LogP contribution is 2.36. The average Bonchev–Trinajstić information content (AvgIpc) is 2.47. The van der Waals surface area contributed by atoms with Crippen LogP contribution >= 0.6 is 0 Å². The van der Waals surface area contributed by atoms with Crippen molar-refractivity contribution in [1.82, 2.24) is 0 Å². The number of carbonyl (C=O) groups excluding carboxylic acids is 1. The van der Waals surface area contributed by atoms with E-state index in [4.69, 9.17) is 9.47 Å². The predicted molar refractivity (Wildman–Crippen MR) is 76.0 cm³/mol. The minimum atomic E-state index is -1.02. The summed E-state index contributed by atoms with van der Waals surface area (Å²) >= 11 is 0. The first-order chi connectivity index (χ1) is 9.56. The third kappa shape index (κ3) is 3.80. The van der Waals surface area contributed by atoms with Gasteiger partial charge in [0.25, 0.3) is 0 Å². The Morgan fingerprint density at radius 1 is 1.40 bits per heavy atom. The number of hydrogen-bond donors (Lipinski definition) is 0. The lowest BCUT2D eigenvalue weighted by molar-refractivity contribution is -0.140. The van der Waals surface area contributed by atoms with Crippen LogP contribution in [-0.2, 0) is 29.8 Å². The molecule has 0 radical (unpaired) electrons. The number of esters is 1. The molecule has 2 fully saturated rings. The Labute approximate surface area is 122 Å². The zero-order chi connectivity index (χ0) is 14.6. The van der Waals surface area contributed by atoms with Crippen LogP contribution in [0.4, 0.5) is 0 Å². The Kier molecular flexibility index (Phi) is 5.57. The Hall–Kier alpha value is -0.460. The largest absolute Gasteiger partial charge is 0.469 e. The van der Waals surface area contributed by atoms with Crippen molar-refractivity contribution in [2.24, 2.45) is 0 Å². The van der Waals surface area contributed by atoms with Crippen molar-refractivity contribution in [1.29, 1.82) is 0 Å². The van der Waals surface area contributed by atoms with E-state index >= 15 is 0 Å². The summed E-state index contributed by atoms with van der Waals surface area (Å²) in [5.41, 5.74) is -0.151. The van der Waals surface area contributed by atoms with Crippen molar-refractivity contribution < 1.29 is 23.2 Å². The fourth-order valence-electron chi connectivity index (χ4n) is 3.00. The van der Waals surface area contributed by atoms with Crippen LogP contribution in [0.3, 0.4) is 0 Å². The number of carbonyl (C=O) groups is 1. The van der Waals surface area contributed by atoms with Gasteiger partial charge in [-0.1, -0.05) is 6.92 Å². The minimum Gasteiger partial charge on any atom is -0.469 e. The van der Waals surface area contributed by atoms with Crippen LogP contribution in [0.1, 0.15) is 39.0 Å². The van der Waals surface area contributed by atoms with E-state index in [1.807, 2.05) is 6.92 Å². The second kappa shape index (κ2) is 7.00. The summed E-state index contributed by atoms with van der Waals surface area (Å²) < 4.78 is 28.6. The molecule has 1 spiro atoms. The van der Waals surface area contributed by atoms with Crippen LogP contribution in [0.25, 0.3) is 0 Å². The molecule has 3 atom stereocenters. The van der Waals surface area contributed by atoms with Crippen LogP contribution in [-0.4, -0.2) is 53.2 Å². The van der Waals surface area contributed by atoms with Crippen molar-refractivity contribution in [3.8, 4) is 0 Å². The normalized spacial score (nSPS) is 28.8. The van der Waals surface area contributed by atoms with Crippen LogP contribution < -0.4 is 0 Å². The van der Waals surface area contributed by atoms with Gasteiger partial charge in [0.05, 0.1) is 19.1 Å². The first-order valence-electron chi connectivity index (χ1n) is 7.24. The lowest BCUT2D eigenvalue weighted by Crippen LogP contribution is -2.47. The highest BCUT2D eigenvalue weighted by Gasteiger charge is 2.41. The van der Waals surface area contributed by atoms with Gasteiger partial charge in [-0.05, 0) is 25.7 Å². The third-order valence-corrected chi connectivity index (χ3v) is 6.28. The molecule has 2 rings (SSSR count). The van der Waals surface area contributed by atoms with Crippen molar-refractivity contribution in [3.63, 3.8) is 0 Å². The molecule has 0 saturated carbocycles. The van der Waals surface area contributed by atoms with E-state index in [2.05, 4.69) is 4.74 Å². The van der Waals surface area contributed by atoms with Gasteiger partial charge in [-0.15, -0.1) is 0 Å². The number of hydrogen-bond acceptors (Lipinski definition) is 5. The van der Waals surface area contributed by atoms with Gasteiger partial charge < -0.3 is 14.2 Å². The minimum absolute atomic E-state index is 0.113. The molecule has 20 heavy (non-hydrogen) atoms. The molecule has 2 aliphatic rings. The predicted octanol–water partition coefficient (Wildman–Crippen LogP) is 1.41. The third-order valence-electron chi connectivity index (χ3n) is 4.26. The summed E-state index contributed by atoms with van der Waals surface area (Å²) in [6.45, 7) is 3.95. The number of ether oxygens (including phenoxy) is 3. The highest BCUT2D eigenvalue weighted by molar-refractivity contribution is 7.86. The molecular weight excluding hydrogens is 280 g/mol. The summed E-state index contributed by atoms with van der Waals surface area (Å²) in [5.74, 6) is -0.293. The van der Waals surface area contributed by atoms with Crippen molar-refractivity contribution in [2.75, 3.05) is 26.9 Å². The van der Waals surface area contributed by atoms with E-state index in [0.717, 1.165) is 38.9 Å². The molecule has 0 aliphatic carbocycles. The smallest absolute Gasteiger partial charge is 0.306 e. The van der Waals surface area contributed by atoms with E-state index < -0.39 is 10.8 Å². The molecule has 5 nitrogen and oxygen atoms in total. The monoisotopic (exact) mass is 304 g/mol. The summed E-state index contributed by atoms with van der Waals surface area (Å²) in [7, 11) is 0.342. The van der Waals surface area contributed by atoms with E-state index in [1.165, 1.54) is 7.11 Å². The lowest BCUT2D eigenvalue weighted by Gasteiger charge is -2.43. The molecule has 3 unspecified atom stereocenters. The van der Waals surface area contributed by atoms with E-state index in [9.17, 15) is 9.00 Å². The molecule has 116 valence electrons. The Balaban J connectivity index is 1.94. The molecule has 0 aromatic rings. The SMILES string of the molecule is COC(=O)CC(C)S(=O)C1CCOC2(CCOCC2)C1. The topological polar surface area (TPSA) is 61.8 Å². The summed E-state index contributed by atoms with van der Waals surface area (Å²) in [6.07, 6.45) is 3.60. The molecule has 0 aromatic heterocycles. The Bertz CT molecular complexity index is 359. The van der Waals surface area contributed by atoms with E-state index in [1.54, 1.807) is 0 Å². The number of methoxy groups -OCH3 is 1. The zero-order valence-electron chi connectivity index (χ0n) is 12.3. The molecule has 0 N–H and O–H groups in total. The number of rotatable bonds is 4. The zero-order valence-corrected chi connectivity index (χ0v) is 13.1. The average molecular weight is 304 g/mol. The van der Waals surface area contributed by atoms with E-state index in [-0.39, 0.29) is 28.5 Å². The fourth-order valence-corrected chi connectivity index (χ4v) is 4.76. The van der Waals surface area contributed by atoms with Gasteiger partial charge in [0.15, 0.2) is 0 Å². The molecule has 2 heterocycles. The van der Waals surface area contributed by atoms with Gasteiger partial charge in [-0.3, -0.25) is 9.00 Å². The molecule has 0 amide bonds. The van der Waals surface area contributed by atoms with Gasteiger partial charge in [0.2, 0.25) is 0 Å². The van der Waals surface area contributed by atoms with Crippen LogP contribution in [0, 0.1) is 0 Å². The van der Waals surface area contributed by atoms with Gasteiger partial charge >= 0.3 is 5.97 Å². The summed E-state index contributed by atoms with van der Waals surface area (Å²) in [5, 5.41) is -0.0519. The molecular formula is C14H24O5S. The van der Waals surface area contributed by atoms with Gasteiger partial charge in [0, 0.05) is 41.1 Å². The van der Waals surface area contributed by atoms with Gasteiger partial charge in [0.1, 0.15) is 0 Å². The Morgan fingerprint density at radius 3 is 2.75 bits per heavy atom.